The van der Waals surface area contributed by atoms with Crippen LogP contribution in [0.15, 0.2) is 9.59 Å². The van der Waals surface area contributed by atoms with E-state index in [0.29, 0.717) is 37.4 Å². The summed E-state index contributed by atoms with van der Waals surface area (Å²) in [6.07, 6.45) is 30.4. The molecule has 0 spiro atoms. The van der Waals surface area contributed by atoms with Crippen molar-refractivity contribution in [2.24, 2.45) is 0 Å². The molecule has 0 aliphatic heterocycles. The second kappa shape index (κ2) is 34.1. The van der Waals surface area contributed by atoms with E-state index >= 15 is 0 Å². The van der Waals surface area contributed by atoms with Crippen LogP contribution in [0, 0.1) is 0 Å². The maximum absolute atomic E-state index is 13.0. The van der Waals surface area contributed by atoms with Gasteiger partial charge < -0.3 is 25.0 Å². The Balaban J connectivity index is 2.47. The van der Waals surface area contributed by atoms with Crippen LogP contribution in [0.1, 0.15) is 201 Å². The van der Waals surface area contributed by atoms with Crippen molar-refractivity contribution in [1.82, 2.24) is 4.90 Å². The van der Waals surface area contributed by atoms with Crippen molar-refractivity contribution in [1.29, 1.82) is 0 Å². The first kappa shape index (κ1) is 48.6. The van der Waals surface area contributed by atoms with Gasteiger partial charge in [0.05, 0.1) is 6.61 Å². The number of nitrogens with zero attached hydrogens (tertiary/aromatic N) is 1. The number of anilines is 2. The Labute approximate surface area is 324 Å². The van der Waals surface area contributed by atoms with Gasteiger partial charge in [0.25, 0.3) is 10.9 Å². The average molecular weight is 748 g/mol. The molecule has 2 N–H and O–H groups in total. The molecule has 9 heteroatoms. The Hall–Kier alpha value is -2.42. The third kappa shape index (κ3) is 25.3. The molecule has 1 aromatic carbocycles. The molecule has 0 heterocycles. The molecule has 0 aliphatic carbocycles. The summed E-state index contributed by atoms with van der Waals surface area (Å²) in [7, 11) is 1.66. The summed E-state index contributed by atoms with van der Waals surface area (Å²) < 4.78 is 11.4. The minimum Gasteiger partial charge on any atom is -0.466 e. The normalized spacial score (nSPS) is 11.5. The van der Waals surface area contributed by atoms with Crippen molar-refractivity contribution in [2.75, 3.05) is 50.5 Å². The summed E-state index contributed by atoms with van der Waals surface area (Å²) in [4.78, 5) is 51.0. The molecule has 0 aliphatic rings. The number of carbonyl (C=O) groups excluding carboxylic acids is 2. The summed E-state index contributed by atoms with van der Waals surface area (Å²) in [5, 5.41) is 5.98. The highest BCUT2D eigenvalue weighted by atomic mass is 16.5. The highest BCUT2D eigenvalue weighted by Gasteiger charge is 2.19. The van der Waals surface area contributed by atoms with E-state index in [9.17, 15) is 19.2 Å². The van der Waals surface area contributed by atoms with Gasteiger partial charge in [0, 0.05) is 26.4 Å². The number of nitrogens with one attached hydrogen (secondary N) is 2. The van der Waals surface area contributed by atoms with E-state index in [1.807, 2.05) is 0 Å². The van der Waals surface area contributed by atoms with E-state index < -0.39 is 10.9 Å². The van der Waals surface area contributed by atoms with Gasteiger partial charge in [-0.25, -0.2) is 0 Å². The van der Waals surface area contributed by atoms with Gasteiger partial charge in [-0.1, -0.05) is 124 Å². The van der Waals surface area contributed by atoms with E-state index in [1.165, 1.54) is 64.2 Å². The van der Waals surface area contributed by atoms with E-state index in [2.05, 4.69) is 36.3 Å². The van der Waals surface area contributed by atoms with Crippen molar-refractivity contribution in [3.63, 3.8) is 0 Å². The van der Waals surface area contributed by atoms with Crippen molar-refractivity contribution in [2.45, 2.75) is 207 Å². The molecule has 53 heavy (non-hydrogen) atoms. The molecular weight excluding hydrogens is 666 g/mol. The molecule has 0 radical (unpaired) electrons. The van der Waals surface area contributed by atoms with Gasteiger partial charge in [-0.2, -0.15) is 0 Å². The predicted octanol–water partition coefficient (Wildman–Crippen LogP) is 10.5. The SMILES string of the molecule is CCCCCCCCC(CCCCCCCC)OC(=O)CCCCN(CCCCCCCCC(=O)OCCCCC)CCCNc1c(NC)c(=O)c1=O. The maximum atomic E-state index is 13.0. The average Bonchev–Trinajstić information content (AvgIpc) is 3.15. The Morgan fingerprint density at radius 1 is 0.547 bits per heavy atom. The molecule has 308 valence electrons. The zero-order valence-electron chi connectivity index (χ0n) is 34.8. The summed E-state index contributed by atoms with van der Waals surface area (Å²) in [6, 6.07) is 0. The number of rotatable bonds is 39. The fourth-order valence-corrected chi connectivity index (χ4v) is 6.99. The molecule has 0 saturated heterocycles. The lowest BCUT2D eigenvalue weighted by atomic mass is 10.0. The molecule has 0 bridgehead atoms. The molecule has 9 nitrogen and oxygen atoms in total. The van der Waals surface area contributed by atoms with E-state index in [0.717, 1.165) is 122 Å². The van der Waals surface area contributed by atoms with Crippen molar-refractivity contribution in [3.05, 3.63) is 20.4 Å². The number of unbranched alkanes of at least 4 members (excludes halogenated alkanes) is 18. The Morgan fingerprint density at radius 3 is 1.60 bits per heavy atom. The number of ether oxygens (including phenoxy) is 2. The first-order chi connectivity index (χ1) is 25.9. The fraction of sp³-hybridized carbons (Fsp3) is 0.864. The fourth-order valence-electron chi connectivity index (χ4n) is 6.99. The van der Waals surface area contributed by atoms with E-state index in [4.69, 9.17) is 9.47 Å². The molecule has 0 saturated carbocycles. The second-order valence-electron chi connectivity index (χ2n) is 15.3. The Morgan fingerprint density at radius 2 is 1.00 bits per heavy atom. The molecule has 1 aromatic rings. The molecule has 0 fully saturated rings. The van der Waals surface area contributed by atoms with Crippen LogP contribution in [0.2, 0.25) is 0 Å². The number of hydrogen-bond donors (Lipinski definition) is 2. The molecule has 0 unspecified atom stereocenters. The first-order valence-corrected chi connectivity index (χ1v) is 22.2. The van der Waals surface area contributed by atoms with Gasteiger partial charge in [-0.3, -0.25) is 19.2 Å². The maximum Gasteiger partial charge on any atom is 0.306 e. The zero-order valence-corrected chi connectivity index (χ0v) is 34.8. The van der Waals surface area contributed by atoms with Gasteiger partial charge in [-0.05, 0) is 83.8 Å². The van der Waals surface area contributed by atoms with Crippen molar-refractivity contribution in [3.8, 4) is 0 Å². The van der Waals surface area contributed by atoms with Crippen LogP contribution in [0.5, 0.6) is 0 Å². The summed E-state index contributed by atoms with van der Waals surface area (Å²) >= 11 is 0. The highest BCUT2D eigenvalue weighted by molar-refractivity contribution is 5.73. The third-order valence-electron chi connectivity index (χ3n) is 10.4. The van der Waals surface area contributed by atoms with Crippen LogP contribution in [-0.2, 0) is 19.1 Å². The van der Waals surface area contributed by atoms with Gasteiger partial charge >= 0.3 is 11.9 Å². The third-order valence-corrected chi connectivity index (χ3v) is 10.4. The lowest BCUT2D eigenvalue weighted by Crippen LogP contribution is -2.37. The van der Waals surface area contributed by atoms with Crippen LogP contribution in [0.25, 0.3) is 0 Å². The molecule has 0 aromatic heterocycles. The smallest absolute Gasteiger partial charge is 0.306 e. The monoisotopic (exact) mass is 748 g/mol. The molecule has 0 amide bonds. The van der Waals surface area contributed by atoms with Gasteiger partial charge in [-0.15, -0.1) is 0 Å². The van der Waals surface area contributed by atoms with Gasteiger partial charge in [0.2, 0.25) is 0 Å². The quantitative estimate of drug-likeness (QED) is 0.0386. The minimum atomic E-state index is -0.450. The van der Waals surface area contributed by atoms with Crippen LogP contribution in [0.3, 0.4) is 0 Å². The highest BCUT2D eigenvalue weighted by Crippen LogP contribution is 2.18. The van der Waals surface area contributed by atoms with E-state index in [-0.39, 0.29) is 18.0 Å². The van der Waals surface area contributed by atoms with Crippen LogP contribution in [0.4, 0.5) is 11.4 Å². The van der Waals surface area contributed by atoms with Crippen LogP contribution >= 0.6 is 0 Å². The standard InChI is InChI=1S/C44H81N3O6/c1-5-8-11-13-17-21-29-38(30-22-18-14-12-9-6-2)53-40(49)32-24-26-35-47(36-28-33-46-42-41(45-4)43(50)44(42)51)34-25-20-16-15-19-23-31-39(48)52-37-27-10-7-3/h38,45-46H,5-37H2,1-4H3. The largest absolute Gasteiger partial charge is 0.466 e. The summed E-state index contributed by atoms with van der Waals surface area (Å²) in [5.74, 6) is -0.104. The van der Waals surface area contributed by atoms with Gasteiger partial charge in [0.1, 0.15) is 17.5 Å². The summed E-state index contributed by atoms with van der Waals surface area (Å²) in [5.41, 5.74) is -0.112. The second-order valence-corrected chi connectivity index (χ2v) is 15.3. The minimum absolute atomic E-state index is 0.0409. The lowest BCUT2D eigenvalue weighted by Gasteiger charge is -2.23. The molecule has 0 atom stereocenters. The topological polar surface area (TPSA) is 114 Å². The van der Waals surface area contributed by atoms with Crippen molar-refractivity contribution < 1.29 is 19.1 Å². The van der Waals surface area contributed by atoms with Crippen LogP contribution in [-0.4, -0.2) is 62.8 Å². The Kier molecular flexibility index (Phi) is 31.3. The first-order valence-electron chi connectivity index (χ1n) is 22.2. The van der Waals surface area contributed by atoms with Gasteiger partial charge in [0.15, 0.2) is 0 Å². The molecule has 1 rings (SSSR count). The lowest BCUT2D eigenvalue weighted by molar-refractivity contribution is -0.150. The van der Waals surface area contributed by atoms with Crippen LogP contribution < -0.4 is 21.5 Å². The molecular formula is C44H81N3O6. The number of hydrogen-bond acceptors (Lipinski definition) is 9. The predicted molar refractivity (Wildman–Crippen MR) is 223 cm³/mol. The number of carbonyl (C=O) groups is 2. The van der Waals surface area contributed by atoms with E-state index in [1.54, 1.807) is 7.05 Å². The summed E-state index contributed by atoms with van der Waals surface area (Å²) in [6.45, 7) is 10.6. The Bertz CT molecular complexity index is 1090. The zero-order chi connectivity index (χ0) is 38.8. The van der Waals surface area contributed by atoms with Crippen molar-refractivity contribution >= 4 is 23.3 Å². The number of esters is 2.